The first-order chi connectivity index (χ1) is 10.3. The van der Waals surface area contributed by atoms with E-state index >= 15 is 0 Å². The standard InChI is InChI=1S/C17H30N2O3/c1-5-17(2,3)15(21)16(22)19-12-8-10-13(19)9-6-7-11-14(20)18-4/h13H,5-12H2,1-4H3,(H,18,20). The van der Waals surface area contributed by atoms with Gasteiger partial charge in [-0.1, -0.05) is 27.2 Å². The summed E-state index contributed by atoms with van der Waals surface area (Å²) >= 11 is 0. The van der Waals surface area contributed by atoms with Gasteiger partial charge in [-0.05, 0) is 32.1 Å². The molecule has 0 aromatic carbocycles. The minimum Gasteiger partial charge on any atom is -0.359 e. The molecule has 1 N–H and O–H groups in total. The lowest BCUT2D eigenvalue weighted by molar-refractivity contribution is -0.149. The molecule has 0 spiro atoms. The fourth-order valence-corrected chi connectivity index (χ4v) is 2.77. The predicted octanol–water partition coefficient (Wildman–Crippen LogP) is 2.29. The Morgan fingerprint density at radius 2 is 1.91 bits per heavy atom. The summed E-state index contributed by atoms with van der Waals surface area (Å²) in [6.07, 6.45) is 5.74. The van der Waals surface area contributed by atoms with Crippen LogP contribution in [0, 0.1) is 5.41 Å². The summed E-state index contributed by atoms with van der Waals surface area (Å²) in [5.74, 6) is -0.535. The lowest BCUT2D eigenvalue weighted by atomic mass is 9.84. The Hall–Kier alpha value is -1.39. The van der Waals surface area contributed by atoms with Crippen molar-refractivity contribution in [3.8, 4) is 0 Å². The summed E-state index contributed by atoms with van der Waals surface area (Å²) in [6, 6.07) is 0.161. The van der Waals surface area contributed by atoms with E-state index in [0.29, 0.717) is 19.4 Å². The highest BCUT2D eigenvalue weighted by atomic mass is 16.2. The van der Waals surface area contributed by atoms with E-state index in [-0.39, 0.29) is 23.6 Å². The predicted molar refractivity (Wildman–Crippen MR) is 86.3 cm³/mol. The zero-order valence-corrected chi connectivity index (χ0v) is 14.4. The number of nitrogens with one attached hydrogen (secondary N) is 1. The molecule has 1 rings (SSSR count). The van der Waals surface area contributed by atoms with Crippen LogP contribution in [0.4, 0.5) is 0 Å². The molecule has 2 amide bonds. The molecule has 1 saturated heterocycles. The smallest absolute Gasteiger partial charge is 0.290 e. The molecule has 1 heterocycles. The van der Waals surface area contributed by atoms with Crippen LogP contribution in [0.1, 0.15) is 65.7 Å². The van der Waals surface area contributed by atoms with Crippen molar-refractivity contribution < 1.29 is 14.4 Å². The van der Waals surface area contributed by atoms with E-state index in [1.807, 2.05) is 20.8 Å². The van der Waals surface area contributed by atoms with Crippen molar-refractivity contribution in [1.29, 1.82) is 0 Å². The molecule has 126 valence electrons. The van der Waals surface area contributed by atoms with Crippen LogP contribution in [-0.2, 0) is 14.4 Å². The van der Waals surface area contributed by atoms with Crippen LogP contribution in [0.3, 0.4) is 0 Å². The van der Waals surface area contributed by atoms with Crippen LogP contribution < -0.4 is 5.32 Å². The maximum absolute atomic E-state index is 12.5. The van der Waals surface area contributed by atoms with Crippen LogP contribution in [0.25, 0.3) is 0 Å². The van der Waals surface area contributed by atoms with Crippen molar-refractivity contribution in [2.45, 2.75) is 71.8 Å². The van der Waals surface area contributed by atoms with Crippen LogP contribution in [0.5, 0.6) is 0 Å². The number of ketones is 1. The zero-order valence-electron chi connectivity index (χ0n) is 14.4. The van der Waals surface area contributed by atoms with Gasteiger partial charge in [-0.2, -0.15) is 0 Å². The molecular formula is C17H30N2O3. The summed E-state index contributed by atoms with van der Waals surface area (Å²) in [7, 11) is 1.64. The zero-order chi connectivity index (χ0) is 16.8. The molecule has 1 aliphatic heterocycles. The van der Waals surface area contributed by atoms with Gasteiger partial charge in [-0.25, -0.2) is 0 Å². The molecule has 1 aliphatic rings. The van der Waals surface area contributed by atoms with Gasteiger partial charge in [0.05, 0.1) is 0 Å². The van der Waals surface area contributed by atoms with E-state index in [1.165, 1.54) is 0 Å². The summed E-state index contributed by atoms with van der Waals surface area (Å²) in [4.78, 5) is 37.8. The number of likely N-dealkylation sites (tertiary alicyclic amines) is 1. The molecule has 0 aliphatic carbocycles. The van der Waals surface area contributed by atoms with Crippen molar-refractivity contribution in [2.24, 2.45) is 5.41 Å². The number of hydrogen-bond acceptors (Lipinski definition) is 3. The van der Waals surface area contributed by atoms with E-state index in [2.05, 4.69) is 5.32 Å². The number of amides is 2. The molecule has 22 heavy (non-hydrogen) atoms. The first-order valence-corrected chi connectivity index (χ1v) is 8.39. The Labute approximate surface area is 133 Å². The molecule has 0 aromatic rings. The van der Waals surface area contributed by atoms with E-state index in [4.69, 9.17) is 0 Å². The van der Waals surface area contributed by atoms with Crippen molar-refractivity contribution in [3.63, 3.8) is 0 Å². The largest absolute Gasteiger partial charge is 0.359 e. The topological polar surface area (TPSA) is 66.5 Å². The molecule has 0 bridgehead atoms. The maximum atomic E-state index is 12.5. The SMILES string of the molecule is CCC(C)(C)C(=O)C(=O)N1CCCC1CCCCC(=O)NC. The number of carbonyl (C=O) groups is 3. The lowest BCUT2D eigenvalue weighted by Gasteiger charge is -2.28. The minimum absolute atomic E-state index is 0.0548. The molecule has 5 heteroatoms. The van der Waals surface area contributed by atoms with Crippen LogP contribution in [0.2, 0.25) is 0 Å². The van der Waals surface area contributed by atoms with Gasteiger partial charge in [-0.3, -0.25) is 14.4 Å². The number of unbranched alkanes of at least 4 members (excludes halogenated alkanes) is 1. The molecule has 1 atom stereocenters. The number of carbonyl (C=O) groups excluding carboxylic acids is 3. The van der Waals surface area contributed by atoms with E-state index < -0.39 is 5.41 Å². The van der Waals surface area contributed by atoms with E-state index in [1.54, 1.807) is 11.9 Å². The second-order valence-electron chi connectivity index (χ2n) is 6.78. The number of rotatable bonds is 8. The van der Waals surface area contributed by atoms with Crippen molar-refractivity contribution >= 4 is 17.6 Å². The minimum atomic E-state index is -0.580. The third kappa shape index (κ3) is 4.82. The first kappa shape index (κ1) is 18.7. The van der Waals surface area contributed by atoms with Gasteiger partial charge in [0.25, 0.3) is 5.91 Å². The van der Waals surface area contributed by atoms with Crippen molar-refractivity contribution in [2.75, 3.05) is 13.6 Å². The summed E-state index contributed by atoms with van der Waals surface area (Å²) in [5.41, 5.74) is -0.580. The van der Waals surface area contributed by atoms with Crippen LogP contribution >= 0.6 is 0 Å². The van der Waals surface area contributed by atoms with E-state index in [0.717, 1.165) is 32.1 Å². The summed E-state index contributed by atoms with van der Waals surface area (Å²) < 4.78 is 0. The molecule has 0 aromatic heterocycles. The fourth-order valence-electron chi connectivity index (χ4n) is 2.77. The number of Topliss-reactive ketones (excluding diaryl/α,β-unsaturated/α-hetero) is 1. The van der Waals surface area contributed by atoms with Crippen molar-refractivity contribution in [3.05, 3.63) is 0 Å². The molecular weight excluding hydrogens is 280 g/mol. The molecule has 0 radical (unpaired) electrons. The normalized spacial score (nSPS) is 18.4. The monoisotopic (exact) mass is 310 g/mol. The van der Waals surface area contributed by atoms with Gasteiger partial charge in [0.2, 0.25) is 11.7 Å². The van der Waals surface area contributed by atoms with Gasteiger partial charge in [0.1, 0.15) is 0 Å². The number of nitrogens with zero attached hydrogens (tertiary/aromatic N) is 1. The van der Waals surface area contributed by atoms with Crippen LogP contribution in [0.15, 0.2) is 0 Å². The Morgan fingerprint density at radius 3 is 2.50 bits per heavy atom. The molecule has 0 saturated carbocycles. The number of hydrogen-bond donors (Lipinski definition) is 1. The average Bonchev–Trinajstić information content (AvgIpc) is 2.98. The second-order valence-corrected chi connectivity index (χ2v) is 6.78. The third-order valence-electron chi connectivity index (χ3n) is 4.80. The molecule has 5 nitrogen and oxygen atoms in total. The Morgan fingerprint density at radius 1 is 1.23 bits per heavy atom. The summed E-state index contributed by atoms with van der Waals surface area (Å²) in [5, 5.41) is 2.61. The third-order valence-corrected chi connectivity index (χ3v) is 4.80. The fraction of sp³-hybridized carbons (Fsp3) is 0.824. The molecule has 1 unspecified atom stereocenters. The Balaban J connectivity index is 2.50. The Kier molecular flexibility index (Phi) is 7.04. The second kappa shape index (κ2) is 8.30. The van der Waals surface area contributed by atoms with Gasteiger partial charge in [0.15, 0.2) is 0 Å². The highest BCUT2D eigenvalue weighted by Crippen LogP contribution is 2.27. The Bertz CT molecular complexity index is 418. The quantitative estimate of drug-likeness (QED) is 0.552. The maximum Gasteiger partial charge on any atom is 0.290 e. The highest BCUT2D eigenvalue weighted by molar-refractivity contribution is 6.38. The summed E-state index contributed by atoms with van der Waals surface area (Å²) in [6.45, 7) is 6.29. The van der Waals surface area contributed by atoms with Crippen molar-refractivity contribution in [1.82, 2.24) is 10.2 Å². The molecule has 1 fully saturated rings. The van der Waals surface area contributed by atoms with Gasteiger partial charge in [-0.15, -0.1) is 0 Å². The lowest BCUT2D eigenvalue weighted by Crippen LogP contribution is -2.44. The average molecular weight is 310 g/mol. The van der Waals surface area contributed by atoms with Gasteiger partial charge >= 0.3 is 0 Å². The van der Waals surface area contributed by atoms with E-state index in [9.17, 15) is 14.4 Å². The van der Waals surface area contributed by atoms with Gasteiger partial charge < -0.3 is 10.2 Å². The van der Waals surface area contributed by atoms with Crippen LogP contribution in [-0.4, -0.2) is 42.1 Å². The van der Waals surface area contributed by atoms with Gasteiger partial charge in [0, 0.05) is 31.5 Å². The first-order valence-electron chi connectivity index (χ1n) is 8.39. The highest BCUT2D eigenvalue weighted by Gasteiger charge is 2.38.